The third kappa shape index (κ3) is 1.98. The lowest BCUT2D eigenvalue weighted by molar-refractivity contribution is 0.0580. The Morgan fingerprint density at radius 2 is 1.78 bits per heavy atom. The quantitative estimate of drug-likeness (QED) is 0.489. The van der Waals surface area contributed by atoms with Gasteiger partial charge >= 0.3 is 0 Å². The fraction of sp³-hybridized carbons (Fsp3) is 1.00. The highest BCUT2D eigenvalue weighted by Gasteiger charge is 2.24. The van der Waals surface area contributed by atoms with Crippen molar-refractivity contribution in [2.45, 2.75) is 46.8 Å². The summed E-state index contributed by atoms with van der Waals surface area (Å²) in [6.07, 6.45) is 2.23. The van der Waals surface area contributed by atoms with Crippen LogP contribution < -0.4 is 0 Å². The van der Waals surface area contributed by atoms with Crippen LogP contribution in [0.2, 0.25) is 0 Å². The van der Waals surface area contributed by atoms with E-state index in [0.717, 1.165) is 5.92 Å². The standard InChI is InChI=1S/C7H14O.CH4/c1-5-4-6(2)8-7(5)3;/h5-7H,4H2,1-3H3;1H4. The third-order valence-corrected chi connectivity index (χ3v) is 1.95. The van der Waals surface area contributed by atoms with E-state index in [1.165, 1.54) is 6.42 Å². The summed E-state index contributed by atoms with van der Waals surface area (Å²) in [4.78, 5) is 0. The first-order chi connectivity index (χ1) is 3.70. The van der Waals surface area contributed by atoms with Crippen LogP contribution in [0.3, 0.4) is 0 Å². The second-order valence-electron chi connectivity index (χ2n) is 2.86. The molecule has 1 saturated heterocycles. The van der Waals surface area contributed by atoms with Crippen LogP contribution >= 0.6 is 0 Å². The molecule has 1 nitrogen and oxygen atoms in total. The van der Waals surface area contributed by atoms with Crippen molar-refractivity contribution >= 4 is 0 Å². The second-order valence-corrected chi connectivity index (χ2v) is 2.86. The molecule has 0 spiro atoms. The van der Waals surface area contributed by atoms with E-state index in [1.54, 1.807) is 0 Å². The number of ether oxygens (including phenoxy) is 1. The zero-order chi connectivity index (χ0) is 6.15. The number of rotatable bonds is 0. The normalized spacial score (nSPS) is 42.3. The number of hydrogen-bond donors (Lipinski definition) is 0. The Kier molecular flexibility index (Phi) is 3.20. The first kappa shape index (κ1) is 8.96. The van der Waals surface area contributed by atoms with Gasteiger partial charge in [-0.15, -0.1) is 0 Å². The molecule has 0 radical (unpaired) electrons. The van der Waals surface area contributed by atoms with Crippen LogP contribution in [-0.4, -0.2) is 12.2 Å². The molecule has 3 unspecified atom stereocenters. The molecule has 1 fully saturated rings. The van der Waals surface area contributed by atoms with E-state index in [1.807, 2.05) is 0 Å². The summed E-state index contributed by atoms with van der Waals surface area (Å²) in [7, 11) is 0. The van der Waals surface area contributed by atoms with Gasteiger partial charge in [0, 0.05) is 0 Å². The van der Waals surface area contributed by atoms with Crippen LogP contribution in [0.25, 0.3) is 0 Å². The van der Waals surface area contributed by atoms with Gasteiger partial charge in [0.05, 0.1) is 12.2 Å². The molecule has 1 heterocycles. The van der Waals surface area contributed by atoms with Crippen molar-refractivity contribution in [1.29, 1.82) is 0 Å². The van der Waals surface area contributed by atoms with Gasteiger partial charge in [0.25, 0.3) is 0 Å². The Morgan fingerprint density at radius 3 is 1.89 bits per heavy atom. The van der Waals surface area contributed by atoms with Gasteiger partial charge in [-0.3, -0.25) is 0 Å². The summed E-state index contributed by atoms with van der Waals surface area (Å²) < 4.78 is 5.47. The molecule has 0 aliphatic carbocycles. The summed E-state index contributed by atoms with van der Waals surface area (Å²) in [5.41, 5.74) is 0. The van der Waals surface area contributed by atoms with Gasteiger partial charge in [0.1, 0.15) is 0 Å². The Labute approximate surface area is 58.4 Å². The number of hydrogen-bond acceptors (Lipinski definition) is 1. The molecule has 0 aromatic rings. The van der Waals surface area contributed by atoms with E-state index in [4.69, 9.17) is 4.74 Å². The van der Waals surface area contributed by atoms with Gasteiger partial charge < -0.3 is 4.74 Å². The molecule has 0 saturated carbocycles. The van der Waals surface area contributed by atoms with Crippen molar-refractivity contribution in [3.05, 3.63) is 0 Å². The van der Waals surface area contributed by atoms with E-state index < -0.39 is 0 Å². The molecule has 1 rings (SSSR count). The summed E-state index contributed by atoms with van der Waals surface area (Å²) in [5, 5.41) is 0. The average molecular weight is 130 g/mol. The van der Waals surface area contributed by atoms with E-state index in [2.05, 4.69) is 20.8 Å². The van der Waals surface area contributed by atoms with Gasteiger partial charge in [-0.1, -0.05) is 14.4 Å². The van der Waals surface area contributed by atoms with Crippen molar-refractivity contribution in [1.82, 2.24) is 0 Å². The molecular formula is C8H18O. The van der Waals surface area contributed by atoms with Gasteiger partial charge in [-0.25, -0.2) is 0 Å². The third-order valence-electron chi connectivity index (χ3n) is 1.95. The largest absolute Gasteiger partial charge is 0.375 e. The van der Waals surface area contributed by atoms with Crippen molar-refractivity contribution in [3.63, 3.8) is 0 Å². The SMILES string of the molecule is C.CC1CC(C)C(C)O1. The summed E-state index contributed by atoms with van der Waals surface area (Å²) in [6, 6.07) is 0. The molecule has 56 valence electrons. The van der Waals surface area contributed by atoms with E-state index in [-0.39, 0.29) is 7.43 Å². The molecule has 0 bridgehead atoms. The highest BCUT2D eigenvalue weighted by molar-refractivity contribution is 4.72. The molecule has 1 aliphatic heterocycles. The van der Waals surface area contributed by atoms with Gasteiger partial charge in [-0.2, -0.15) is 0 Å². The lowest BCUT2D eigenvalue weighted by atomic mass is 10.0. The van der Waals surface area contributed by atoms with Crippen LogP contribution in [-0.2, 0) is 4.74 Å². The van der Waals surface area contributed by atoms with Gasteiger partial charge in [-0.05, 0) is 26.2 Å². The fourth-order valence-corrected chi connectivity index (χ4v) is 1.27. The molecule has 1 heteroatoms. The summed E-state index contributed by atoms with van der Waals surface area (Å²) in [5.74, 6) is 0.769. The predicted octanol–water partition coefficient (Wildman–Crippen LogP) is 2.46. The maximum absolute atomic E-state index is 5.47. The summed E-state index contributed by atoms with van der Waals surface area (Å²) in [6.45, 7) is 6.53. The van der Waals surface area contributed by atoms with Gasteiger partial charge in [0.2, 0.25) is 0 Å². The molecule has 3 atom stereocenters. The van der Waals surface area contributed by atoms with E-state index >= 15 is 0 Å². The van der Waals surface area contributed by atoms with Crippen molar-refractivity contribution in [3.8, 4) is 0 Å². The lowest BCUT2D eigenvalue weighted by Gasteiger charge is -2.05. The van der Waals surface area contributed by atoms with Crippen molar-refractivity contribution in [2.75, 3.05) is 0 Å². The average Bonchev–Trinajstić information content (AvgIpc) is 1.85. The minimum Gasteiger partial charge on any atom is -0.375 e. The van der Waals surface area contributed by atoms with Gasteiger partial charge in [0.15, 0.2) is 0 Å². The zero-order valence-electron chi connectivity index (χ0n) is 5.85. The highest BCUT2D eigenvalue weighted by Crippen LogP contribution is 2.24. The maximum Gasteiger partial charge on any atom is 0.0577 e. The molecule has 0 aromatic carbocycles. The van der Waals surface area contributed by atoms with E-state index in [0.29, 0.717) is 12.2 Å². The van der Waals surface area contributed by atoms with Crippen molar-refractivity contribution in [2.24, 2.45) is 5.92 Å². The molecular weight excluding hydrogens is 112 g/mol. The Morgan fingerprint density at radius 1 is 1.22 bits per heavy atom. The van der Waals surface area contributed by atoms with Crippen molar-refractivity contribution < 1.29 is 4.74 Å². The second kappa shape index (κ2) is 3.21. The Bertz CT molecular complexity index is 70.6. The lowest BCUT2D eigenvalue weighted by Crippen LogP contribution is -2.06. The first-order valence-corrected chi connectivity index (χ1v) is 3.35. The minimum absolute atomic E-state index is 0. The summed E-state index contributed by atoms with van der Waals surface area (Å²) >= 11 is 0. The molecule has 0 N–H and O–H groups in total. The van der Waals surface area contributed by atoms with Crippen LogP contribution in [0.1, 0.15) is 34.6 Å². The topological polar surface area (TPSA) is 9.23 Å². The van der Waals surface area contributed by atoms with Crippen LogP contribution in [0.5, 0.6) is 0 Å². The molecule has 9 heavy (non-hydrogen) atoms. The van der Waals surface area contributed by atoms with Crippen LogP contribution in [0.15, 0.2) is 0 Å². The Hall–Kier alpha value is -0.0400. The fourth-order valence-electron chi connectivity index (χ4n) is 1.27. The maximum atomic E-state index is 5.47. The molecule has 1 aliphatic rings. The molecule has 0 amide bonds. The zero-order valence-corrected chi connectivity index (χ0v) is 5.85. The predicted molar refractivity (Wildman–Crippen MR) is 40.5 cm³/mol. The Balaban J connectivity index is 0.000000640. The smallest absolute Gasteiger partial charge is 0.0577 e. The molecule has 0 aromatic heterocycles. The van der Waals surface area contributed by atoms with Crippen LogP contribution in [0, 0.1) is 5.92 Å². The monoisotopic (exact) mass is 130 g/mol. The highest BCUT2D eigenvalue weighted by atomic mass is 16.5. The van der Waals surface area contributed by atoms with E-state index in [9.17, 15) is 0 Å². The first-order valence-electron chi connectivity index (χ1n) is 3.35. The minimum atomic E-state index is 0. The van der Waals surface area contributed by atoms with Crippen LogP contribution in [0.4, 0.5) is 0 Å².